The van der Waals surface area contributed by atoms with E-state index in [0.717, 1.165) is 37.0 Å². The molecule has 4 rings (SSSR count). The maximum absolute atomic E-state index is 15.1. The first-order valence-corrected chi connectivity index (χ1v) is 11.3. The van der Waals surface area contributed by atoms with Crippen molar-refractivity contribution in [3.8, 4) is 5.75 Å². The number of benzene rings is 1. The molecule has 2 amide bonds. The molecule has 1 fully saturated rings. The molecule has 2 aliphatic heterocycles. The topological polar surface area (TPSA) is 104 Å². The highest BCUT2D eigenvalue weighted by Gasteiger charge is 2.45. The number of hydrogen-bond acceptors (Lipinski definition) is 5. The molecule has 3 N–H and O–H groups in total. The zero-order chi connectivity index (χ0) is 24.3. The van der Waals surface area contributed by atoms with Crippen LogP contribution >= 0.6 is 0 Å². The summed E-state index contributed by atoms with van der Waals surface area (Å²) in [6.45, 7) is 0.685. The van der Waals surface area contributed by atoms with Crippen LogP contribution in [0.15, 0.2) is 30.3 Å². The number of nitrogens with one attached hydrogen (secondary N) is 2. The van der Waals surface area contributed by atoms with Crippen LogP contribution in [0.25, 0.3) is 0 Å². The number of hydrogen-bond donors (Lipinski definition) is 3. The molecule has 0 spiro atoms. The van der Waals surface area contributed by atoms with E-state index in [2.05, 4.69) is 15.6 Å². The molecule has 2 aliphatic rings. The van der Waals surface area contributed by atoms with Crippen molar-refractivity contribution in [1.29, 1.82) is 0 Å². The highest BCUT2D eigenvalue weighted by Crippen LogP contribution is 2.32. The minimum atomic E-state index is -1.53. The fourth-order valence-electron chi connectivity index (χ4n) is 4.37. The lowest BCUT2D eigenvalue weighted by Gasteiger charge is -2.44. The van der Waals surface area contributed by atoms with Crippen molar-refractivity contribution in [1.82, 2.24) is 15.2 Å². The first kappa shape index (κ1) is 23.7. The van der Waals surface area contributed by atoms with Gasteiger partial charge in [-0.15, -0.1) is 0 Å². The van der Waals surface area contributed by atoms with Crippen LogP contribution in [-0.4, -0.2) is 59.4 Å². The number of anilines is 1. The minimum absolute atomic E-state index is 0.0123. The smallest absolute Gasteiger partial charge is 0.318 e. The number of fused-ring (bicyclic) bond motifs is 1. The predicted octanol–water partition coefficient (Wildman–Crippen LogP) is 3.47. The Kier molecular flexibility index (Phi) is 6.85. The molecule has 2 aromatic rings. The van der Waals surface area contributed by atoms with Crippen molar-refractivity contribution in [2.75, 3.05) is 32.1 Å². The van der Waals surface area contributed by atoms with Gasteiger partial charge in [-0.25, -0.2) is 18.6 Å². The van der Waals surface area contributed by atoms with Crippen LogP contribution in [0.4, 0.5) is 19.4 Å². The molecule has 34 heavy (non-hydrogen) atoms. The summed E-state index contributed by atoms with van der Waals surface area (Å²) in [6, 6.07) is 6.38. The molecule has 10 heteroatoms. The molecular formula is C24H28F2N4O4. The molecule has 1 saturated heterocycles. The van der Waals surface area contributed by atoms with Crippen molar-refractivity contribution >= 4 is 17.8 Å². The van der Waals surface area contributed by atoms with Crippen LogP contribution in [0.1, 0.15) is 42.1 Å². The minimum Gasteiger partial charge on any atom is -0.494 e. The van der Waals surface area contributed by atoms with Gasteiger partial charge in [0.25, 0.3) is 0 Å². The highest BCUT2D eigenvalue weighted by atomic mass is 19.1. The fraction of sp³-hybridized carbons (Fsp3) is 0.458. The SMILES string of the molecule is COc1ccc(C(CC(=O)O)NC(=O)N2CC(F)(CCc3ccc4c(n3)NCCC4)C2)cc1F. The summed E-state index contributed by atoms with van der Waals surface area (Å²) in [7, 11) is 1.32. The molecule has 1 aromatic carbocycles. The Morgan fingerprint density at radius 2 is 2.12 bits per heavy atom. The van der Waals surface area contributed by atoms with Crippen molar-refractivity contribution < 1.29 is 28.2 Å². The summed E-state index contributed by atoms with van der Waals surface area (Å²) < 4.78 is 34.1. The number of methoxy groups -OCH3 is 1. The van der Waals surface area contributed by atoms with E-state index in [1.54, 1.807) is 0 Å². The molecule has 1 unspecified atom stereocenters. The molecule has 0 radical (unpaired) electrons. The molecule has 3 heterocycles. The van der Waals surface area contributed by atoms with Gasteiger partial charge in [0.05, 0.1) is 32.7 Å². The van der Waals surface area contributed by atoms with Gasteiger partial charge in [-0.3, -0.25) is 4.79 Å². The standard InChI is InChI=1S/C24H28F2N4O4/c1-34-20-7-5-16(11-18(20)25)19(12-21(31)32)29-23(33)30-13-24(26,14-30)9-8-17-6-4-15-3-2-10-27-22(15)28-17/h4-7,11,19H,2-3,8-10,12-14H2,1H3,(H,27,28)(H,29,33)(H,31,32). The number of aryl methyl sites for hydroxylation is 2. The second-order valence-electron chi connectivity index (χ2n) is 8.84. The Labute approximate surface area is 196 Å². The van der Waals surface area contributed by atoms with E-state index >= 15 is 4.39 Å². The summed E-state index contributed by atoms with van der Waals surface area (Å²) >= 11 is 0. The van der Waals surface area contributed by atoms with E-state index in [-0.39, 0.29) is 30.8 Å². The van der Waals surface area contributed by atoms with Crippen LogP contribution in [0.3, 0.4) is 0 Å². The zero-order valence-electron chi connectivity index (χ0n) is 18.9. The van der Waals surface area contributed by atoms with Crippen molar-refractivity contribution in [3.63, 3.8) is 0 Å². The third-order valence-corrected chi connectivity index (χ3v) is 6.27. The summed E-state index contributed by atoms with van der Waals surface area (Å²) in [5.74, 6) is -0.941. The largest absolute Gasteiger partial charge is 0.494 e. The van der Waals surface area contributed by atoms with Gasteiger partial charge in [0, 0.05) is 12.2 Å². The molecule has 0 aliphatic carbocycles. The normalized spacial score (nSPS) is 17.1. The number of carbonyl (C=O) groups excluding carboxylic acids is 1. The van der Waals surface area contributed by atoms with Gasteiger partial charge in [0.2, 0.25) is 0 Å². The van der Waals surface area contributed by atoms with Crippen LogP contribution < -0.4 is 15.4 Å². The molecular weight excluding hydrogens is 446 g/mol. The van der Waals surface area contributed by atoms with Gasteiger partial charge in [0.1, 0.15) is 11.5 Å². The van der Waals surface area contributed by atoms with Crippen LogP contribution in [0.2, 0.25) is 0 Å². The third-order valence-electron chi connectivity index (χ3n) is 6.27. The quantitative estimate of drug-likeness (QED) is 0.541. The number of likely N-dealkylation sites (tertiary alicyclic amines) is 1. The zero-order valence-corrected chi connectivity index (χ0v) is 18.9. The van der Waals surface area contributed by atoms with E-state index in [9.17, 15) is 19.1 Å². The summed E-state index contributed by atoms with van der Waals surface area (Å²) in [5, 5.41) is 15.1. The molecule has 182 valence electrons. The maximum atomic E-state index is 15.1. The number of ether oxygens (including phenoxy) is 1. The van der Waals surface area contributed by atoms with Gasteiger partial charge in [0.15, 0.2) is 11.6 Å². The number of carboxylic acid groups (broad SMARTS) is 1. The number of alkyl halides is 1. The van der Waals surface area contributed by atoms with Gasteiger partial charge < -0.3 is 25.4 Å². The first-order chi connectivity index (χ1) is 16.3. The number of aromatic nitrogens is 1. The lowest BCUT2D eigenvalue weighted by molar-refractivity contribution is -0.137. The summed E-state index contributed by atoms with van der Waals surface area (Å²) in [4.78, 5) is 29.8. The summed E-state index contributed by atoms with van der Waals surface area (Å²) in [5.41, 5.74) is 0.727. The third kappa shape index (κ3) is 5.37. The molecule has 8 nitrogen and oxygen atoms in total. The average molecular weight is 475 g/mol. The second-order valence-corrected chi connectivity index (χ2v) is 8.84. The Morgan fingerprint density at radius 3 is 2.82 bits per heavy atom. The number of amides is 2. The lowest BCUT2D eigenvalue weighted by Crippen LogP contribution is -2.63. The molecule has 0 saturated carbocycles. The van der Waals surface area contributed by atoms with Crippen LogP contribution in [0.5, 0.6) is 5.75 Å². The van der Waals surface area contributed by atoms with Gasteiger partial charge in [-0.1, -0.05) is 12.1 Å². The molecule has 1 atom stereocenters. The van der Waals surface area contributed by atoms with Gasteiger partial charge in [-0.2, -0.15) is 0 Å². The van der Waals surface area contributed by atoms with Crippen LogP contribution in [0, 0.1) is 5.82 Å². The van der Waals surface area contributed by atoms with E-state index in [1.807, 2.05) is 12.1 Å². The van der Waals surface area contributed by atoms with E-state index in [1.165, 1.54) is 29.7 Å². The number of urea groups is 1. The van der Waals surface area contributed by atoms with Crippen molar-refractivity contribution in [3.05, 3.63) is 53.0 Å². The number of nitrogens with zero attached hydrogens (tertiary/aromatic N) is 2. The highest BCUT2D eigenvalue weighted by molar-refractivity contribution is 5.77. The number of aliphatic carboxylic acids is 1. The predicted molar refractivity (Wildman–Crippen MR) is 121 cm³/mol. The van der Waals surface area contributed by atoms with Crippen molar-refractivity contribution in [2.24, 2.45) is 0 Å². The Hall–Kier alpha value is -3.43. The van der Waals surface area contributed by atoms with E-state index in [4.69, 9.17) is 4.74 Å². The fourth-order valence-corrected chi connectivity index (χ4v) is 4.37. The van der Waals surface area contributed by atoms with Gasteiger partial charge in [-0.05, 0) is 55.0 Å². The summed E-state index contributed by atoms with van der Waals surface area (Å²) in [6.07, 6.45) is 2.29. The van der Waals surface area contributed by atoms with Crippen LogP contribution in [-0.2, 0) is 17.6 Å². The molecule has 1 aromatic heterocycles. The van der Waals surface area contributed by atoms with Gasteiger partial charge >= 0.3 is 12.0 Å². The Morgan fingerprint density at radius 1 is 1.32 bits per heavy atom. The Balaban J connectivity index is 1.33. The van der Waals surface area contributed by atoms with Crippen molar-refractivity contribution in [2.45, 2.75) is 43.8 Å². The second kappa shape index (κ2) is 9.82. The lowest BCUT2D eigenvalue weighted by atomic mass is 9.90. The average Bonchev–Trinajstić information content (AvgIpc) is 2.80. The molecule has 0 bridgehead atoms. The number of rotatable bonds is 8. The number of carbonyl (C=O) groups is 2. The maximum Gasteiger partial charge on any atom is 0.318 e. The monoisotopic (exact) mass is 474 g/mol. The number of pyridine rings is 1. The number of carboxylic acids is 1. The van der Waals surface area contributed by atoms with E-state index < -0.39 is 35.9 Å². The van der Waals surface area contributed by atoms with E-state index in [0.29, 0.717) is 6.42 Å². The Bertz CT molecular complexity index is 1070. The first-order valence-electron chi connectivity index (χ1n) is 11.3. The number of halogens is 2.